The summed E-state index contributed by atoms with van der Waals surface area (Å²) in [7, 11) is 1.85. The summed E-state index contributed by atoms with van der Waals surface area (Å²) in [4.78, 5) is 0. The van der Waals surface area contributed by atoms with Crippen molar-refractivity contribution in [2.45, 2.75) is 25.8 Å². The van der Waals surface area contributed by atoms with Gasteiger partial charge in [0.05, 0.1) is 10.2 Å². The standard InChI is InChI=1S/C14H18BrFN4/c1-3-6-17-14(8-11-9-20(2)19-18-11)10-4-5-13(16)12(15)7-10/h4-5,7,9,14,17H,3,6,8H2,1-2H3. The Labute approximate surface area is 126 Å². The molecule has 0 spiro atoms. The molecule has 2 aromatic rings. The summed E-state index contributed by atoms with van der Waals surface area (Å²) >= 11 is 3.24. The number of aromatic nitrogens is 3. The third-order valence-corrected chi connectivity index (χ3v) is 3.66. The lowest BCUT2D eigenvalue weighted by Crippen LogP contribution is -2.24. The maximum atomic E-state index is 13.4. The number of hydrogen-bond acceptors (Lipinski definition) is 3. The molecule has 1 heterocycles. The predicted molar refractivity (Wildman–Crippen MR) is 79.8 cm³/mol. The number of hydrogen-bond donors (Lipinski definition) is 1. The highest BCUT2D eigenvalue weighted by atomic mass is 79.9. The van der Waals surface area contributed by atoms with E-state index in [4.69, 9.17) is 0 Å². The molecule has 1 unspecified atom stereocenters. The molecule has 20 heavy (non-hydrogen) atoms. The van der Waals surface area contributed by atoms with E-state index < -0.39 is 0 Å². The minimum atomic E-state index is -0.248. The van der Waals surface area contributed by atoms with Crippen molar-refractivity contribution in [1.29, 1.82) is 0 Å². The van der Waals surface area contributed by atoms with Crippen molar-refractivity contribution in [3.05, 3.63) is 45.9 Å². The molecule has 1 atom stereocenters. The van der Waals surface area contributed by atoms with Gasteiger partial charge in [0.25, 0.3) is 0 Å². The first-order chi connectivity index (χ1) is 9.60. The van der Waals surface area contributed by atoms with Crippen LogP contribution in [0.5, 0.6) is 0 Å². The Morgan fingerprint density at radius 3 is 2.85 bits per heavy atom. The predicted octanol–water partition coefficient (Wildman–Crippen LogP) is 3.00. The maximum Gasteiger partial charge on any atom is 0.137 e. The van der Waals surface area contributed by atoms with Gasteiger partial charge in [-0.25, -0.2) is 4.39 Å². The highest BCUT2D eigenvalue weighted by Crippen LogP contribution is 2.23. The molecule has 0 aliphatic carbocycles. The molecule has 1 aromatic heterocycles. The molecule has 0 bridgehead atoms. The van der Waals surface area contributed by atoms with Crippen molar-refractivity contribution in [2.24, 2.45) is 7.05 Å². The van der Waals surface area contributed by atoms with Gasteiger partial charge in [-0.2, -0.15) is 0 Å². The van der Waals surface area contributed by atoms with Crippen LogP contribution in [-0.2, 0) is 13.5 Å². The Kier molecular flexibility index (Phi) is 5.25. The molecule has 0 fully saturated rings. The van der Waals surface area contributed by atoms with Crippen LogP contribution in [0.4, 0.5) is 4.39 Å². The molecule has 0 saturated carbocycles. The summed E-state index contributed by atoms with van der Waals surface area (Å²) in [6, 6.07) is 5.21. The fraction of sp³-hybridized carbons (Fsp3) is 0.429. The van der Waals surface area contributed by atoms with Gasteiger partial charge in [0.2, 0.25) is 0 Å². The zero-order valence-electron chi connectivity index (χ0n) is 11.6. The summed E-state index contributed by atoms with van der Waals surface area (Å²) in [6.45, 7) is 3.02. The summed E-state index contributed by atoms with van der Waals surface area (Å²) in [5.74, 6) is -0.248. The van der Waals surface area contributed by atoms with E-state index in [0.717, 1.165) is 30.6 Å². The van der Waals surface area contributed by atoms with Crippen LogP contribution in [-0.4, -0.2) is 21.5 Å². The first kappa shape index (κ1) is 15.1. The van der Waals surface area contributed by atoms with E-state index in [9.17, 15) is 4.39 Å². The first-order valence-corrected chi connectivity index (χ1v) is 7.43. The fourth-order valence-electron chi connectivity index (χ4n) is 2.05. The topological polar surface area (TPSA) is 42.7 Å². The highest BCUT2D eigenvalue weighted by Gasteiger charge is 2.15. The average Bonchev–Trinajstić information content (AvgIpc) is 2.83. The van der Waals surface area contributed by atoms with Gasteiger partial charge in [-0.15, -0.1) is 5.10 Å². The molecule has 1 N–H and O–H groups in total. The van der Waals surface area contributed by atoms with Gasteiger partial charge in [0, 0.05) is 25.7 Å². The number of nitrogens with zero attached hydrogens (tertiary/aromatic N) is 3. The average molecular weight is 341 g/mol. The van der Waals surface area contributed by atoms with Crippen molar-refractivity contribution in [2.75, 3.05) is 6.54 Å². The normalized spacial score (nSPS) is 12.6. The minimum Gasteiger partial charge on any atom is -0.310 e. The zero-order chi connectivity index (χ0) is 14.5. The van der Waals surface area contributed by atoms with Gasteiger partial charge in [0.1, 0.15) is 5.82 Å². The molecule has 0 amide bonds. The number of benzene rings is 1. The van der Waals surface area contributed by atoms with Crippen LogP contribution in [0.3, 0.4) is 0 Å². The van der Waals surface area contributed by atoms with E-state index in [1.54, 1.807) is 4.68 Å². The molecular formula is C14H18BrFN4. The molecule has 4 nitrogen and oxygen atoms in total. The van der Waals surface area contributed by atoms with Crippen molar-refractivity contribution >= 4 is 15.9 Å². The van der Waals surface area contributed by atoms with Crippen molar-refractivity contribution in [3.63, 3.8) is 0 Å². The number of halogens is 2. The third kappa shape index (κ3) is 3.86. The Bertz CT molecular complexity index is 570. The van der Waals surface area contributed by atoms with E-state index >= 15 is 0 Å². The van der Waals surface area contributed by atoms with Crippen LogP contribution in [0, 0.1) is 5.82 Å². The van der Waals surface area contributed by atoms with Crippen molar-refractivity contribution < 1.29 is 4.39 Å². The van der Waals surface area contributed by atoms with Gasteiger partial charge < -0.3 is 5.32 Å². The largest absolute Gasteiger partial charge is 0.310 e. The summed E-state index contributed by atoms with van der Waals surface area (Å²) in [6.07, 6.45) is 3.67. The van der Waals surface area contributed by atoms with Crippen molar-refractivity contribution in [3.8, 4) is 0 Å². The van der Waals surface area contributed by atoms with Gasteiger partial charge in [-0.1, -0.05) is 18.2 Å². The van der Waals surface area contributed by atoms with Crippen LogP contribution in [0.25, 0.3) is 0 Å². The molecule has 6 heteroatoms. The zero-order valence-corrected chi connectivity index (χ0v) is 13.2. The van der Waals surface area contributed by atoms with E-state index in [0.29, 0.717) is 4.47 Å². The lowest BCUT2D eigenvalue weighted by Gasteiger charge is -2.18. The molecule has 2 rings (SSSR count). The molecule has 1 aromatic carbocycles. The highest BCUT2D eigenvalue weighted by molar-refractivity contribution is 9.10. The van der Waals surface area contributed by atoms with E-state index in [1.165, 1.54) is 6.07 Å². The van der Waals surface area contributed by atoms with Gasteiger partial charge >= 0.3 is 0 Å². The number of rotatable bonds is 6. The summed E-state index contributed by atoms with van der Waals surface area (Å²) in [5, 5.41) is 11.5. The smallest absolute Gasteiger partial charge is 0.137 e. The van der Waals surface area contributed by atoms with Crippen LogP contribution in [0.2, 0.25) is 0 Å². The molecule has 108 valence electrons. The van der Waals surface area contributed by atoms with E-state index in [-0.39, 0.29) is 11.9 Å². The molecule has 0 aliphatic rings. The van der Waals surface area contributed by atoms with E-state index in [2.05, 4.69) is 38.5 Å². The second-order valence-electron chi connectivity index (χ2n) is 4.77. The van der Waals surface area contributed by atoms with Crippen LogP contribution in [0.1, 0.15) is 30.6 Å². The van der Waals surface area contributed by atoms with Crippen LogP contribution < -0.4 is 5.32 Å². The quantitative estimate of drug-likeness (QED) is 0.878. The van der Waals surface area contributed by atoms with Gasteiger partial charge in [-0.3, -0.25) is 4.68 Å². The summed E-state index contributed by atoms with van der Waals surface area (Å²) < 4.78 is 15.5. The second-order valence-corrected chi connectivity index (χ2v) is 5.62. The van der Waals surface area contributed by atoms with Crippen LogP contribution >= 0.6 is 15.9 Å². The lowest BCUT2D eigenvalue weighted by atomic mass is 10.0. The second kappa shape index (κ2) is 6.95. The van der Waals surface area contributed by atoms with E-state index in [1.807, 2.05) is 25.4 Å². The SMILES string of the molecule is CCCNC(Cc1cn(C)nn1)c1ccc(F)c(Br)c1. The fourth-order valence-corrected chi connectivity index (χ4v) is 2.45. The van der Waals surface area contributed by atoms with Crippen molar-refractivity contribution in [1.82, 2.24) is 20.3 Å². The lowest BCUT2D eigenvalue weighted by molar-refractivity contribution is 0.522. The number of nitrogens with one attached hydrogen (secondary N) is 1. The Hall–Kier alpha value is -1.27. The Morgan fingerprint density at radius 2 is 2.25 bits per heavy atom. The molecule has 0 saturated heterocycles. The van der Waals surface area contributed by atoms with Crippen LogP contribution in [0.15, 0.2) is 28.9 Å². The minimum absolute atomic E-state index is 0.101. The Balaban J connectivity index is 2.19. The third-order valence-electron chi connectivity index (χ3n) is 3.05. The molecule has 0 radical (unpaired) electrons. The maximum absolute atomic E-state index is 13.4. The molecule has 0 aliphatic heterocycles. The molecular weight excluding hydrogens is 323 g/mol. The number of aryl methyl sites for hydroxylation is 1. The monoisotopic (exact) mass is 340 g/mol. The van der Waals surface area contributed by atoms with Gasteiger partial charge in [0.15, 0.2) is 0 Å². The Morgan fingerprint density at radius 1 is 1.45 bits per heavy atom. The first-order valence-electron chi connectivity index (χ1n) is 6.63. The van der Waals surface area contributed by atoms with Gasteiger partial charge in [-0.05, 0) is 46.6 Å². The summed E-state index contributed by atoms with van der Waals surface area (Å²) in [5.41, 5.74) is 1.96.